The maximum Gasteiger partial charge on any atom is 0.185 e. The fourth-order valence-electron chi connectivity index (χ4n) is 1.43. The highest BCUT2D eigenvalue weighted by Crippen LogP contribution is 2.21. The largest absolute Gasteiger partial charge is 0.457 e. The minimum absolute atomic E-state index is 0.0868. The third kappa shape index (κ3) is 2.82. The highest BCUT2D eigenvalue weighted by atomic mass is 16.5. The number of ether oxygens (including phenoxy) is 1. The van der Waals surface area contributed by atoms with Gasteiger partial charge in [-0.15, -0.1) is 0 Å². The van der Waals surface area contributed by atoms with Crippen molar-refractivity contribution in [2.75, 3.05) is 0 Å². The van der Waals surface area contributed by atoms with Gasteiger partial charge in [0, 0.05) is 5.56 Å². The molecule has 0 unspecified atom stereocenters. The lowest BCUT2D eigenvalue weighted by molar-refractivity contribution is 0.104. The second kappa shape index (κ2) is 5.12. The second-order valence-electron chi connectivity index (χ2n) is 3.51. The normalized spacial score (nSPS) is 9.65. The maximum atomic E-state index is 11.3. The van der Waals surface area contributed by atoms with Gasteiger partial charge in [-0.05, 0) is 42.5 Å². The summed E-state index contributed by atoms with van der Waals surface area (Å²) in [5, 5.41) is 0. The van der Waals surface area contributed by atoms with Crippen LogP contribution in [0.15, 0.2) is 67.3 Å². The molecule has 2 aromatic carbocycles. The van der Waals surface area contributed by atoms with Gasteiger partial charge in [-0.3, -0.25) is 4.79 Å². The fraction of sp³-hybridized carbons (Fsp3) is 0. The highest BCUT2D eigenvalue weighted by Gasteiger charge is 2.01. The maximum absolute atomic E-state index is 11.3. The summed E-state index contributed by atoms with van der Waals surface area (Å²) >= 11 is 0. The number of para-hydroxylation sites is 1. The lowest BCUT2D eigenvalue weighted by Crippen LogP contribution is -1.93. The van der Waals surface area contributed by atoms with E-state index >= 15 is 0 Å². The van der Waals surface area contributed by atoms with Crippen molar-refractivity contribution in [1.82, 2.24) is 0 Å². The van der Waals surface area contributed by atoms with Gasteiger partial charge in [-0.25, -0.2) is 0 Å². The van der Waals surface area contributed by atoms with E-state index in [4.69, 9.17) is 4.74 Å². The van der Waals surface area contributed by atoms with E-state index in [9.17, 15) is 4.79 Å². The molecule has 0 saturated heterocycles. The van der Waals surface area contributed by atoms with E-state index in [-0.39, 0.29) is 5.78 Å². The quantitative estimate of drug-likeness (QED) is 0.582. The molecule has 17 heavy (non-hydrogen) atoms. The van der Waals surface area contributed by atoms with Crippen LogP contribution in [0.2, 0.25) is 0 Å². The third-order valence-electron chi connectivity index (χ3n) is 2.30. The number of rotatable bonds is 4. The lowest BCUT2D eigenvalue weighted by atomic mass is 10.1. The molecule has 2 aromatic rings. The molecule has 0 bridgehead atoms. The average Bonchev–Trinajstić information content (AvgIpc) is 2.40. The topological polar surface area (TPSA) is 26.3 Å². The van der Waals surface area contributed by atoms with Crippen molar-refractivity contribution >= 4 is 5.78 Å². The molecule has 2 rings (SSSR count). The Balaban J connectivity index is 2.14. The average molecular weight is 224 g/mol. The van der Waals surface area contributed by atoms with E-state index in [0.29, 0.717) is 11.3 Å². The van der Waals surface area contributed by atoms with Gasteiger partial charge in [-0.1, -0.05) is 24.8 Å². The Morgan fingerprint density at radius 1 is 0.941 bits per heavy atom. The van der Waals surface area contributed by atoms with Crippen molar-refractivity contribution in [1.29, 1.82) is 0 Å². The Bertz CT molecular complexity index is 512. The summed E-state index contributed by atoms with van der Waals surface area (Å²) in [4.78, 5) is 11.3. The van der Waals surface area contributed by atoms with Gasteiger partial charge in [0.15, 0.2) is 5.78 Å². The van der Waals surface area contributed by atoms with E-state index in [1.54, 1.807) is 24.3 Å². The van der Waals surface area contributed by atoms with Crippen LogP contribution in [0, 0.1) is 0 Å². The molecule has 0 heterocycles. The molecule has 0 N–H and O–H groups in total. The number of ketones is 1. The minimum Gasteiger partial charge on any atom is -0.457 e. The third-order valence-corrected chi connectivity index (χ3v) is 2.30. The number of hydrogen-bond acceptors (Lipinski definition) is 2. The Morgan fingerprint density at radius 2 is 1.53 bits per heavy atom. The molecule has 0 aliphatic heterocycles. The molecule has 0 fully saturated rings. The predicted octanol–water partition coefficient (Wildman–Crippen LogP) is 3.85. The zero-order valence-electron chi connectivity index (χ0n) is 9.30. The number of carbonyl (C=O) groups excluding carboxylic acids is 1. The molecule has 0 aliphatic rings. The molecule has 0 atom stereocenters. The van der Waals surface area contributed by atoms with Crippen molar-refractivity contribution < 1.29 is 9.53 Å². The van der Waals surface area contributed by atoms with Crippen LogP contribution < -0.4 is 4.74 Å². The molecule has 0 spiro atoms. The van der Waals surface area contributed by atoms with Gasteiger partial charge in [-0.2, -0.15) is 0 Å². The van der Waals surface area contributed by atoms with Crippen molar-refractivity contribution in [2.45, 2.75) is 0 Å². The van der Waals surface area contributed by atoms with Gasteiger partial charge >= 0.3 is 0 Å². The lowest BCUT2D eigenvalue weighted by Gasteiger charge is -2.05. The van der Waals surface area contributed by atoms with E-state index in [1.807, 2.05) is 30.3 Å². The summed E-state index contributed by atoms with van der Waals surface area (Å²) in [6.45, 7) is 3.45. The first-order valence-corrected chi connectivity index (χ1v) is 5.29. The number of benzene rings is 2. The van der Waals surface area contributed by atoms with Crippen LogP contribution in [0.5, 0.6) is 11.5 Å². The highest BCUT2D eigenvalue weighted by molar-refractivity contribution is 6.04. The Labute approximate surface area is 100 Å². The smallest absolute Gasteiger partial charge is 0.185 e. The molecule has 0 aromatic heterocycles. The summed E-state index contributed by atoms with van der Waals surface area (Å²) in [5.74, 6) is 1.39. The van der Waals surface area contributed by atoms with Crippen molar-refractivity contribution in [2.24, 2.45) is 0 Å². The first-order valence-electron chi connectivity index (χ1n) is 5.29. The van der Waals surface area contributed by atoms with Crippen LogP contribution in [-0.4, -0.2) is 5.78 Å². The van der Waals surface area contributed by atoms with Crippen LogP contribution in [0.1, 0.15) is 10.4 Å². The van der Waals surface area contributed by atoms with Crippen LogP contribution in [-0.2, 0) is 0 Å². The molecule has 0 aliphatic carbocycles. The Hall–Kier alpha value is -2.35. The van der Waals surface area contributed by atoms with E-state index in [2.05, 4.69) is 6.58 Å². The van der Waals surface area contributed by atoms with E-state index < -0.39 is 0 Å². The molecule has 2 heteroatoms. The molecule has 0 saturated carbocycles. The van der Waals surface area contributed by atoms with E-state index in [0.717, 1.165) is 5.75 Å². The number of carbonyl (C=O) groups is 1. The second-order valence-corrected chi connectivity index (χ2v) is 3.51. The summed E-state index contributed by atoms with van der Waals surface area (Å²) in [5.41, 5.74) is 0.611. The van der Waals surface area contributed by atoms with Crippen molar-refractivity contribution in [3.8, 4) is 11.5 Å². The van der Waals surface area contributed by atoms with Crippen LogP contribution >= 0.6 is 0 Å². The molecule has 84 valence electrons. The van der Waals surface area contributed by atoms with Crippen molar-refractivity contribution in [3.63, 3.8) is 0 Å². The van der Waals surface area contributed by atoms with Crippen molar-refractivity contribution in [3.05, 3.63) is 72.8 Å². The molecular weight excluding hydrogens is 212 g/mol. The van der Waals surface area contributed by atoms with E-state index in [1.165, 1.54) is 6.08 Å². The summed E-state index contributed by atoms with van der Waals surface area (Å²) < 4.78 is 5.61. The zero-order valence-corrected chi connectivity index (χ0v) is 9.30. The fourth-order valence-corrected chi connectivity index (χ4v) is 1.43. The molecule has 2 nitrogen and oxygen atoms in total. The van der Waals surface area contributed by atoms with Gasteiger partial charge in [0.1, 0.15) is 11.5 Å². The molecule has 0 radical (unpaired) electrons. The minimum atomic E-state index is -0.0868. The summed E-state index contributed by atoms with van der Waals surface area (Å²) in [7, 11) is 0. The first kappa shape index (κ1) is 11.1. The SMILES string of the molecule is C=CC(=O)c1ccc(Oc2ccccc2)cc1. The number of allylic oxidation sites excluding steroid dienone is 1. The molecule has 0 amide bonds. The van der Waals surface area contributed by atoms with Gasteiger partial charge in [0.2, 0.25) is 0 Å². The van der Waals surface area contributed by atoms with Gasteiger partial charge < -0.3 is 4.74 Å². The summed E-state index contributed by atoms with van der Waals surface area (Å²) in [6, 6.07) is 16.5. The predicted molar refractivity (Wildman–Crippen MR) is 67.5 cm³/mol. The molecular formula is C15H12O2. The zero-order chi connectivity index (χ0) is 12.1. The van der Waals surface area contributed by atoms with Crippen LogP contribution in [0.4, 0.5) is 0 Å². The van der Waals surface area contributed by atoms with Crippen LogP contribution in [0.25, 0.3) is 0 Å². The van der Waals surface area contributed by atoms with Gasteiger partial charge in [0.25, 0.3) is 0 Å². The monoisotopic (exact) mass is 224 g/mol. The number of hydrogen-bond donors (Lipinski definition) is 0. The first-order chi connectivity index (χ1) is 8.29. The Morgan fingerprint density at radius 3 is 2.12 bits per heavy atom. The summed E-state index contributed by atoms with van der Waals surface area (Å²) in [6.07, 6.45) is 1.30. The van der Waals surface area contributed by atoms with Gasteiger partial charge in [0.05, 0.1) is 0 Å². The standard InChI is InChI=1S/C15H12O2/c1-2-15(16)12-8-10-14(11-9-12)17-13-6-4-3-5-7-13/h2-11H,1H2. The Kier molecular flexibility index (Phi) is 3.36. The van der Waals surface area contributed by atoms with Crippen LogP contribution in [0.3, 0.4) is 0 Å².